The lowest BCUT2D eigenvalue weighted by Gasteiger charge is -2.47. The van der Waals surface area contributed by atoms with Crippen LogP contribution in [0.2, 0.25) is 0 Å². The highest BCUT2D eigenvalue weighted by Gasteiger charge is 2.49. The summed E-state index contributed by atoms with van der Waals surface area (Å²) in [6, 6.07) is 7.25. The Morgan fingerprint density at radius 1 is 1.31 bits per heavy atom. The molecule has 0 radical (unpaired) electrons. The molecule has 3 rings (SSSR count). The summed E-state index contributed by atoms with van der Waals surface area (Å²) in [5, 5.41) is 7.12. The first-order valence-electron chi connectivity index (χ1n) is 8.92. The Bertz CT molecular complexity index is 806. The molecule has 2 heterocycles. The number of benzene rings is 1. The molecule has 2 saturated heterocycles. The fourth-order valence-corrected chi connectivity index (χ4v) is 5.58. The van der Waals surface area contributed by atoms with Gasteiger partial charge in [-0.25, -0.2) is 13.2 Å². The number of alkyl halides is 3. The van der Waals surface area contributed by atoms with E-state index in [1.54, 1.807) is 12.1 Å². The molecule has 0 aliphatic carbocycles. The van der Waals surface area contributed by atoms with Crippen molar-refractivity contribution in [3.05, 3.63) is 29.8 Å². The fourth-order valence-electron chi connectivity index (χ4n) is 3.35. The second kappa shape index (κ2) is 9.23. The summed E-state index contributed by atoms with van der Waals surface area (Å²) in [6.07, 6.45) is -2.26. The highest BCUT2D eigenvalue weighted by molar-refractivity contribution is 8.01. The third-order valence-corrected chi connectivity index (χ3v) is 7.31. The Hall–Kier alpha value is -1.30. The average molecular weight is 456 g/mol. The predicted octanol–water partition coefficient (Wildman–Crippen LogP) is 2.82. The number of rotatable bonds is 5. The Kier molecular flexibility index (Phi) is 7.63. The van der Waals surface area contributed by atoms with E-state index in [0.717, 1.165) is 38.4 Å². The quantitative estimate of drug-likeness (QED) is 0.731. The van der Waals surface area contributed by atoms with Crippen molar-refractivity contribution in [3.63, 3.8) is 0 Å². The molecule has 29 heavy (non-hydrogen) atoms. The number of aliphatic carboxylic acids is 1. The van der Waals surface area contributed by atoms with Crippen LogP contribution in [0.15, 0.2) is 29.2 Å². The summed E-state index contributed by atoms with van der Waals surface area (Å²) in [4.78, 5) is 11.7. The molecule has 2 aliphatic rings. The second-order valence-corrected chi connectivity index (χ2v) is 10.6. The number of carboxylic acids is 1. The third-order valence-electron chi connectivity index (χ3n) is 4.60. The van der Waals surface area contributed by atoms with Gasteiger partial charge in [0.25, 0.3) is 0 Å². The van der Waals surface area contributed by atoms with E-state index in [2.05, 4.69) is 23.6 Å². The molecule has 164 valence electrons. The number of thioether (sulfide) groups is 1. The highest BCUT2D eigenvalue weighted by Crippen LogP contribution is 2.46. The van der Waals surface area contributed by atoms with E-state index in [4.69, 9.17) is 14.6 Å². The van der Waals surface area contributed by atoms with Crippen molar-refractivity contribution < 1.29 is 36.2 Å². The van der Waals surface area contributed by atoms with Crippen LogP contribution >= 0.6 is 11.8 Å². The van der Waals surface area contributed by atoms with Gasteiger partial charge in [-0.3, -0.25) is 4.90 Å². The van der Waals surface area contributed by atoms with E-state index in [1.807, 2.05) is 12.1 Å². The molecular formula is C18H24F3NO5S2. The molecular weight excluding hydrogens is 431 g/mol. The van der Waals surface area contributed by atoms with Crippen molar-refractivity contribution in [1.29, 1.82) is 0 Å². The molecule has 0 aromatic heterocycles. The fraction of sp³-hybridized carbons (Fsp3) is 0.611. The molecule has 0 bridgehead atoms. The van der Waals surface area contributed by atoms with Crippen molar-refractivity contribution in [2.75, 3.05) is 31.7 Å². The Morgan fingerprint density at radius 2 is 1.86 bits per heavy atom. The molecule has 2 aliphatic heterocycles. The first-order chi connectivity index (χ1) is 13.3. The molecule has 0 saturated carbocycles. The van der Waals surface area contributed by atoms with Gasteiger partial charge >= 0.3 is 12.1 Å². The van der Waals surface area contributed by atoms with E-state index in [-0.39, 0.29) is 0 Å². The van der Waals surface area contributed by atoms with Crippen molar-refractivity contribution in [3.8, 4) is 0 Å². The zero-order chi connectivity index (χ0) is 21.9. The van der Waals surface area contributed by atoms with Crippen LogP contribution in [0, 0.1) is 0 Å². The van der Waals surface area contributed by atoms with Crippen LogP contribution in [0.1, 0.15) is 18.9 Å². The van der Waals surface area contributed by atoms with E-state index in [9.17, 15) is 21.6 Å². The van der Waals surface area contributed by atoms with Crippen LogP contribution in [-0.2, 0) is 25.9 Å². The van der Waals surface area contributed by atoms with E-state index < -0.39 is 22.0 Å². The van der Waals surface area contributed by atoms with Gasteiger partial charge in [-0.15, -0.1) is 11.8 Å². The first-order valence-corrected chi connectivity index (χ1v) is 11.8. The maximum atomic E-state index is 11.5. The zero-order valence-electron chi connectivity index (χ0n) is 16.1. The van der Waals surface area contributed by atoms with Crippen LogP contribution in [0.25, 0.3) is 0 Å². The molecule has 6 nitrogen and oxygen atoms in total. The molecule has 1 spiro atoms. The molecule has 2 fully saturated rings. The minimum Gasteiger partial charge on any atom is -0.475 e. The molecule has 1 atom stereocenters. The van der Waals surface area contributed by atoms with Gasteiger partial charge in [0.2, 0.25) is 0 Å². The summed E-state index contributed by atoms with van der Waals surface area (Å²) in [5.41, 5.74) is 1.17. The third kappa shape index (κ3) is 6.87. The zero-order valence-corrected chi connectivity index (χ0v) is 17.7. The number of hydrogen-bond acceptors (Lipinski definition) is 6. The minimum atomic E-state index is -5.08. The summed E-state index contributed by atoms with van der Waals surface area (Å²) in [5.74, 6) is -1.64. The van der Waals surface area contributed by atoms with Crippen molar-refractivity contribution in [2.24, 2.45) is 0 Å². The Balaban J connectivity index is 0.000000370. The number of halogens is 3. The lowest BCUT2D eigenvalue weighted by atomic mass is 9.92. The number of ether oxygens (including phenoxy) is 1. The second-order valence-electron chi connectivity index (χ2n) is 7.14. The molecule has 1 N–H and O–H groups in total. The average Bonchev–Trinajstić information content (AvgIpc) is 2.98. The monoisotopic (exact) mass is 455 g/mol. The maximum absolute atomic E-state index is 11.5. The smallest absolute Gasteiger partial charge is 0.475 e. The lowest BCUT2D eigenvalue weighted by Crippen LogP contribution is -2.58. The van der Waals surface area contributed by atoms with Crippen molar-refractivity contribution in [2.45, 2.75) is 41.8 Å². The van der Waals surface area contributed by atoms with Gasteiger partial charge in [-0.2, -0.15) is 13.2 Å². The van der Waals surface area contributed by atoms with Crippen molar-refractivity contribution >= 4 is 27.6 Å². The van der Waals surface area contributed by atoms with Crippen LogP contribution in [0.4, 0.5) is 13.2 Å². The number of carbonyl (C=O) groups is 1. The number of carboxylic acid groups (broad SMARTS) is 1. The maximum Gasteiger partial charge on any atom is 0.490 e. The standard InChI is InChI=1S/C16H23NO3S2.C2HF3O2/c1-3-20-14-8-16(21-10-14)11-17(12-16)9-13-4-6-15(7-5-13)22(2,18)19;3-2(4,5)1(6)7/h4-7,14H,3,8-12H2,1-2H3;(H,6,7). The molecule has 1 aromatic rings. The van der Waals surface area contributed by atoms with Gasteiger partial charge in [0.1, 0.15) is 0 Å². The minimum absolute atomic E-state index is 0.391. The van der Waals surface area contributed by atoms with E-state index >= 15 is 0 Å². The number of sulfone groups is 1. The van der Waals surface area contributed by atoms with E-state index in [0.29, 0.717) is 15.7 Å². The Morgan fingerprint density at radius 3 is 2.31 bits per heavy atom. The normalized spacial score (nSPS) is 21.3. The molecule has 1 unspecified atom stereocenters. The largest absolute Gasteiger partial charge is 0.490 e. The SMILES string of the molecule is CCOC1CSC2(C1)CN(Cc1ccc(S(C)(=O)=O)cc1)C2.O=C(O)C(F)(F)F. The topological polar surface area (TPSA) is 83.9 Å². The number of hydrogen-bond donors (Lipinski definition) is 1. The van der Waals surface area contributed by atoms with Crippen LogP contribution in [0.5, 0.6) is 0 Å². The van der Waals surface area contributed by atoms with Gasteiger partial charge in [0.05, 0.1) is 11.0 Å². The highest BCUT2D eigenvalue weighted by atomic mass is 32.2. The summed E-state index contributed by atoms with van der Waals surface area (Å²) in [6.45, 7) is 5.97. The summed E-state index contributed by atoms with van der Waals surface area (Å²) >= 11 is 2.05. The lowest BCUT2D eigenvalue weighted by molar-refractivity contribution is -0.192. The van der Waals surface area contributed by atoms with Crippen LogP contribution in [-0.4, -0.2) is 73.1 Å². The van der Waals surface area contributed by atoms with Gasteiger partial charge in [-0.1, -0.05) is 12.1 Å². The van der Waals surface area contributed by atoms with Gasteiger partial charge in [0.15, 0.2) is 9.84 Å². The predicted molar refractivity (Wildman–Crippen MR) is 104 cm³/mol. The molecule has 1 aromatic carbocycles. The van der Waals surface area contributed by atoms with Crippen LogP contribution in [0.3, 0.4) is 0 Å². The van der Waals surface area contributed by atoms with Gasteiger partial charge in [0, 0.05) is 43.0 Å². The Labute approximate surface area is 172 Å². The summed E-state index contributed by atoms with van der Waals surface area (Å²) < 4.78 is 60.8. The van der Waals surface area contributed by atoms with Crippen molar-refractivity contribution in [1.82, 2.24) is 4.90 Å². The molecule has 11 heteroatoms. The van der Waals surface area contributed by atoms with Gasteiger partial charge < -0.3 is 9.84 Å². The van der Waals surface area contributed by atoms with Crippen LogP contribution < -0.4 is 0 Å². The summed E-state index contributed by atoms with van der Waals surface area (Å²) in [7, 11) is -3.10. The molecule has 0 amide bonds. The number of likely N-dealkylation sites (tertiary alicyclic amines) is 1. The first kappa shape index (κ1) is 24.0. The van der Waals surface area contributed by atoms with Gasteiger partial charge in [-0.05, 0) is 31.0 Å². The number of nitrogens with zero attached hydrogens (tertiary/aromatic N) is 1. The van der Waals surface area contributed by atoms with E-state index in [1.165, 1.54) is 11.8 Å².